The van der Waals surface area contributed by atoms with Crippen LogP contribution in [0.2, 0.25) is 0 Å². The lowest BCUT2D eigenvalue weighted by Crippen LogP contribution is -2.33. The molecule has 0 radical (unpaired) electrons. The molecule has 0 aromatic rings. The summed E-state index contributed by atoms with van der Waals surface area (Å²) in [6.45, 7) is 8.06. The molecule has 3 heteroatoms. The Morgan fingerprint density at radius 2 is 1.88 bits per heavy atom. The van der Waals surface area contributed by atoms with Crippen LogP contribution in [-0.2, 0) is 14.3 Å². The Labute approximate surface area is 102 Å². The summed E-state index contributed by atoms with van der Waals surface area (Å²) in [5.41, 5.74) is 2.07. The van der Waals surface area contributed by atoms with Gasteiger partial charge in [-0.3, -0.25) is 9.59 Å². The second-order valence-electron chi connectivity index (χ2n) is 5.35. The number of carbonyl (C=O) groups excluding carboxylic acids is 2. The van der Waals surface area contributed by atoms with Crippen molar-refractivity contribution in [2.75, 3.05) is 0 Å². The summed E-state index contributed by atoms with van der Waals surface area (Å²) in [6, 6.07) is 0. The highest BCUT2D eigenvalue weighted by Crippen LogP contribution is 2.43. The first-order valence-corrected chi connectivity index (χ1v) is 6.04. The van der Waals surface area contributed by atoms with Crippen molar-refractivity contribution in [3.63, 3.8) is 0 Å². The van der Waals surface area contributed by atoms with Crippen LogP contribution < -0.4 is 0 Å². The SMILES string of the molecule is CC(C)=CC1=CC(C)C(C)C2C(=O)OC(=O)C12. The zero-order chi connectivity index (χ0) is 12.7. The molecule has 0 amide bonds. The molecule has 92 valence electrons. The molecule has 4 unspecified atom stereocenters. The average Bonchev–Trinajstić information content (AvgIpc) is 2.49. The molecule has 0 saturated carbocycles. The van der Waals surface area contributed by atoms with E-state index < -0.39 is 0 Å². The van der Waals surface area contributed by atoms with E-state index in [9.17, 15) is 9.59 Å². The summed E-state index contributed by atoms with van der Waals surface area (Å²) in [7, 11) is 0. The van der Waals surface area contributed by atoms with E-state index in [4.69, 9.17) is 4.74 Å². The van der Waals surface area contributed by atoms with Crippen molar-refractivity contribution in [2.45, 2.75) is 27.7 Å². The molecule has 1 aliphatic carbocycles. The lowest BCUT2D eigenvalue weighted by atomic mass is 9.69. The predicted octanol–water partition coefficient (Wildman–Crippen LogP) is 2.48. The topological polar surface area (TPSA) is 43.4 Å². The number of ether oxygens (including phenoxy) is 1. The first-order valence-electron chi connectivity index (χ1n) is 6.04. The quantitative estimate of drug-likeness (QED) is 0.517. The Morgan fingerprint density at radius 1 is 1.24 bits per heavy atom. The Hall–Kier alpha value is -1.38. The normalized spacial score (nSPS) is 36.1. The molecule has 0 spiro atoms. The van der Waals surface area contributed by atoms with Gasteiger partial charge in [0.15, 0.2) is 0 Å². The summed E-state index contributed by atoms with van der Waals surface area (Å²) in [4.78, 5) is 23.5. The van der Waals surface area contributed by atoms with Crippen molar-refractivity contribution in [3.8, 4) is 0 Å². The van der Waals surface area contributed by atoms with Gasteiger partial charge in [-0.15, -0.1) is 0 Å². The van der Waals surface area contributed by atoms with Crippen LogP contribution in [0.25, 0.3) is 0 Å². The maximum absolute atomic E-state index is 11.7. The summed E-state index contributed by atoms with van der Waals surface area (Å²) in [5, 5.41) is 0. The number of cyclic esters (lactones) is 2. The number of carbonyl (C=O) groups is 2. The second kappa shape index (κ2) is 4.13. The van der Waals surface area contributed by atoms with Crippen molar-refractivity contribution in [1.82, 2.24) is 0 Å². The third-order valence-corrected chi connectivity index (χ3v) is 3.75. The summed E-state index contributed by atoms with van der Waals surface area (Å²) >= 11 is 0. The molecular formula is C14H18O3. The smallest absolute Gasteiger partial charge is 0.321 e. The molecule has 4 atom stereocenters. The van der Waals surface area contributed by atoms with Gasteiger partial charge < -0.3 is 4.74 Å². The highest BCUT2D eigenvalue weighted by molar-refractivity contribution is 5.99. The first kappa shape index (κ1) is 12.1. The Morgan fingerprint density at radius 3 is 2.47 bits per heavy atom. The van der Waals surface area contributed by atoms with Gasteiger partial charge >= 0.3 is 11.9 Å². The fraction of sp³-hybridized carbons (Fsp3) is 0.571. The number of hydrogen-bond donors (Lipinski definition) is 0. The summed E-state index contributed by atoms with van der Waals surface area (Å²) in [6.07, 6.45) is 4.08. The molecule has 0 aromatic heterocycles. The summed E-state index contributed by atoms with van der Waals surface area (Å²) in [5.74, 6) is -0.972. The van der Waals surface area contributed by atoms with Crippen molar-refractivity contribution in [3.05, 3.63) is 23.3 Å². The van der Waals surface area contributed by atoms with Gasteiger partial charge in [-0.2, -0.15) is 0 Å². The van der Waals surface area contributed by atoms with E-state index >= 15 is 0 Å². The molecule has 1 saturated heterocycles. The number of hydrogen-bond acceptors (Lipinski definition) is 3. The fourth-order valence-corrected chi connectivity index (χ4v) is 2.73. The van der Waals surface area contributed by atoms with Gasteiger partial charge in [0.05, 0.1) is 11.8 Å². The summed E-state index contributed by atoms with van der Waals surface area (Å²) < 4.78 is 4.79. The minimum atomic E-state index is -0.387. The van der Waals surface area contributed by atoms with E-state index in [0.29, 0.717) is 5.92 Å². The van der Waals surface area contributed by atoms with Crippen molar-refractivity contribution in [1.29, 1.82) is 0 Å². The number of rotatable bonds is 1. The number of allylic oxidation sites excluding steroid dienone is 3. The molecule has 0 N–H and O–H groups in total. The largest absolute Gasteiger partial charge is 0.392 e. The van der Waals surface area contributed by atoms with Crippen LogP contribution in [0.15, 0.2) is 23.3 Å². The van der Waals surface area contributed by atoms with E-state index in [0.717, 1.165) is 11.1 Å². The Kier molecular flexibility index (Phi) is 2.94. The zero-order valence-electron chi connectivity index (χ0n) is 10.7. The maximum Gasteiger partial charge on any atom is 0.321 e. The number of fused-ring (bicyclic) bond motifs is 1. The lowest BCUT2D eigenvalue weighted by molar-refractivity contribution is -0.153. The van der Waals surface area contributed by atoms with Gasteiger partial charge in [-0.1, -0.05) is 31.6 Å². The highest BCUT2D eigenvalue weighted by atomic mass is 16.6. The minimum Gasteiger partial charge on any atom is -0.392 e. The van der Waals surface area contributed by atoms with E-state index in [-0.39, 0.29) is 29.7 Å². The van der Waals surface area contributed by atoms with Crippen LogP contribution in [0, 0.1) is 23.7 Å². The molecule has 1 heterocycles. The van der Waals surface area contributed by atoms with Crippen molar-refractivity contribution >= 4 is 11.9 Å². The fourth-order valence-electron chi connectivity index (χ4n) is 2.73. The van der Waals surface area contributed by atoms with Gasteiger partial charge in [0.2, 0.25) is 0 Å². The molecule has 1 fully saturated rings. The van der Waals surface area contributed by atoms with E-state index in [1.807, 2.05) is 26.8 Å². The van der Waals surface area contributed by atoms with Gasteiger partial charge in [0, 0.05) is 0 Å². The van der Waals surface area contributed by atoms with Crippen LogP contribution in [0.1, 0.15) is 27.7 Å². The molecule has 3 nitrogen and oxygen atoms in total. The van der Waals surface area contributed by atoms with Crippen LogP contribution in [-0.4, -0.2) is 11.9 Å². The molecule has 0 bridgehead atoms. The lowest BCUT2D eigenvalue weighted by Gasteiger charge is -2.31. The third kappa shape index (κ3) is 1.94. The Balaban J connectivity index is 2.46. The van der Waals surface area contributed by atoms with E-state index in [2.05, 4.69) is 13.0 Å². The van der Waals surface area contributed by atoms with Crippen molar-refractivity contribution < 1.29 is 14.3 Å². The Bertz CT molecular complexity index is 427. The van der Waals surface area contributed by atoms with Crippen LogP contribution in [0.4, 0.5) is 0 Å². The molecule has 0 aromatic carbocycles. The monoisotopic (exact) mass is 234 g/mol. The second-order valence-corrected chi connectivity index (χ2v) is 5.35. The molecule has 2 rings (SSSR count). The van der Waals surface area contributed by atoms with Crippen LogP contribution >= 0.6 is 0 Å². The van der Waals surface area contributed by atoms with E-state index in [1.165, 1.54) is 0 Å². The first-order chi connectivity index (χ1) is 7.91. The average molecular weight is 234 g/mol. The van der Waals surface area contributed by atoms with Crippen LogP contribution in [0.3, 0.4) is 0 Å². The van der Waals surface area contributed by atoms with E-state index in [1.54, 1.807) is 0 Å². The molecule has 2 aliphatic rings. The maximum atomic E-state index is 11.7. The molecular weight excluding hydrogens is 216 g/mol. The molecule has 17 heavy (non-hydrogen) atoms. The number of esters is 2. The highest BCUT2D eigenvalue weighted by Gasteiger charge is 2.51. The third-order valence-electron chi connectivity index (χ3n) is 3.75. The van der Waals surface area contributed by atoms with Gasteiger partial charge in [0.25, 0.3) is 0 Å². The van der Waals surface area contributed by atoms with Gasteiger partial charge in [0.1, 0.15) is 0 Å². The standard InChI is InChI=1S/C14H18O3/c1-7(2)5-10-6-8(3)9(4)11-12(10)14(16)17-13(11)15/h5-6,8-9,11-12H,1-4H3. The van der Waals surface area contributed by atoms with Crippen molar-refractivity contribution in [2.24, 2.45) is 23.7 Å². The van der Waals surface area contributed by atoms with Gasteiger partial charge in [-0.05, 0) is 31.3 Å². The van der Waals surface area contributed by atoms with Gasteiger partial charge in [-0.25, -0.2) is 0 Å². The molecule has 1 aliphatic heterocycles. The minimum absolute atomic E-state index is 0.160. The van der Waals surface area contributed by atoms with Crippen LogP contribution in [0.5, 0.6) is 0 Å². The zero-order valence-corrected chi connectivity index (χ0v) is 10.7. The predicted molar refractivity (Wildman–Crippen MR) is 63.9 cm³/mol.